The first-order chi connectivity index (χ1) is 6.20. The molecule has 13 heavy (non-hydrogen) atoms. The van der Waals surface area contributed by atoms with Gasteiger partial charge in [0.05, 0.1) is 32.8 Å². The summed E-state index contributed by atoms with van der Waals surface area (Å²) in [5.74, 6) is -0.247. The fourth-order valence-electron chi connectivity index (χ4n) is 0.777. The molecule has 4 heteroatoms. The third-order valence-electron chi connectivity index (χ3n) is 1.49. The number of carbonyl (C=O) groups excluding carboxylic acids is 1. The molecule has 0 radical (unpaired) electrons. The normalized spacial score (nSPS) is 12.5. The molecule has 0 aromatic carbocycles. The van der Waals surface area contributed by atoms with Crippen molar-refractivity contribution in [3.05, 3.63) is 0 Å². The van der Waals surface area contributed by atoms with Crippen LogP contribution in [0.5, 0.6) is 0 Å². The van der Waals surface area contributed by atoms with Gasteiger partial charge < -0.3 is 14.2 Å². The van der Waals surface area contributed by atoms with Crippen LogP contribution in [-0.4, -0.2) is 39.0 Å². The Labute approximate surface area is 79.2 Å². The van der Waals surface area contributed by atoms with Crippen LogP contribution >= 0.6 is 0 Å². The van der Waals surface area contributed by atoms with E-state index in [2.05, 4.69) is 4.74 Å². The van der Waals surface area contributed by atoms with Crippen molar-refractivity contribution in [2.75, 3.05) is 26.9 Å². The van der Waals surface area contributed by atoms with Crippen molar-refractivity contribution >= 4 is 5.97 Å². The summed E-state index contributed by atoms with van der Waals surface area (Å²) in [5, 5.41) is 0. The minimum Gasteiger partial charge on any atom is -0.469 e. The van der Waals surface area contributed by atoms with Crippen molar-refractivity contribution in [2.24, 2.45) is 0 Å². The Bertz CT molecular complexity index is 136. The highest BCUT2D eigenvalue weighted by molar-refractivity contribution is 5.69. The summed E-state index contributed by atoms with van der Waals surface area (Å²) in [4.78, 5) is 10.7. The van der Waals surface area contributed by atoms with Gasteiger partial charge in [-0.15, -0.1) is 0 Å². The van der Waals surface area contributed by atoms with Gasteiger partial charge in [-0.25, -0.2) is 0 Å². The summed E-state index contributed by atoms with van der Waals surface area (Å²) >= 11 is 0. The third-order valence-corrected chi connectivity index (χ3v) is 1.49. The molecule has 0 N–H and O–H groups in total. The van der Waals surface area contributed by atoms with Crippen molar-refractivity contribution in [3.63, 3.8) is 0 Å². The summed E-state index contributed by atoms with van der Waals surface area (Å²) in [7, 11) is 1.37. The Hall–Kier alpha value is -0.610. The zero-order valence-corrected chi connectivity index (χ0v) is 8.54. The Morgan fingerprint density at radius 3 is 2.69 bits per heavy atom. The van der Waals surface area contributed by atoms with Crippen LogP contribution in [0.25, 0.3) is 0 Å². The highest BCUT2D eigenvalue weighted by Gasteiger charge is 2.04. The number of hydrogen-bond acceptors (Lipinski definition) is 4. The Balaban J connectivity index is 3.26. The smallest absolute Gasteiger partial charge is 0.307 e. The van der Waals surface area contributed by atoms with E-state index in [4.69, 9.17) is 9.47 Å². The van der Waals surface area contributed by atoms with Gasteiger partial charge in [-0.3, -0.25) is 4.79 Å². The van der Waals surface area contributed by atoms with Gasteiger partial charge in [-0.05, 0) is 13.8 Å². The molecule has 0 heterocycles. The molecule has 0 aromatic rings. The van der Waals surface area contributed by atoms with Gasteiger partial charge in [-0.1, -0.05) is 0 Å². The van der Waals surface area contributed by atoms with E-state index in [1.807, 2.05) is 13.8 Å². The molecule has 1 atom stereocenters. The molecule has 0 aliphatic heterocycles. The first kappa shape index (κ1) is 12.4. The Morgan fingerprint density at radius 1 is 1.46 bits per heavy atom. The molecule has 78 valence electrons. The molecule has 0 aromatic heterocycles. The van der Waals surface area contributed by atoms with Gasteiger partial charge in [0.2, 0.25) is 0 Å². The van der Waals surface area contributed by atoms with Crippen LogP contribution in [0.4, 0.5) is 0 Å². The first-order valence-electron chi connectivity index (χ1n) is 4.46. The van der Waals surface area contributed by atoms with Crippen LogP contribution in [-0.2, 0) is 19.0 Å². The van der Waals surface area contributed by atoms with Crippen LogP contribution in [0.2, 0.25) is 0 Å². The quantitative estimate of drug-likeness (QED) is 0.562. The maximum atomic E-state index is 10.7. The molecule has 0 spiro atoms. The molecule has 0 amide bonds. The minimum atomic E-state index is -0.247. The summed E-state index contributed by atoms with van der Waals surface area (Å²) in [6.07, 6.45) is 0.331. The number of methoxy groups -OCH3 is 1. The Kier molecular flexibility index (Phi) is 7.63. The standard InChI is InChI=1S/C9H18O4/c1-4-12-7-8(2)13-6-5-9(10)11-3/h8H,4-7H2,1-3H3. The van der Waals surface area contributed by atoms with Gasteiger partial charge >= 0.3 is 5.97 Å². The van der Waals surface area contributed by atoms with E-state index in [9.17, 15) is 4.79 Å². The zero-order valence-electron chi connectivity index (χ0n) is 8.54. The van der Waals surface area contributed by atoms with Crippen LogP contribution in [0, 0.1) is 0 Å². The first-order valence-corrected chi connectivity index (χ1v) is 4.46. The van der Waals surface area contributed by atoms with E-state index in [0.29, 0.717) is 26.2 Å². The molecule has 0 fully saturated rings. The monoisotopic (exact) mass is 190 g/mol. The SMILES string of the molecule is CCOCC(C)OCCC(=O)OC. The van der Waals surface area contributed by atoms with Crippen molar-refractivity contribution in [3.8, 4) is 0 Å². The molecule has 0 saturated carbocycles. The number of rotatable bonds is 7. The number of ether oxygens (including phenoxy) is 3. The summed E-state index contributed by atoms with van der Waals surface area (Å²) in [6, 6.07) is 0. The molecule has 0 saturated heterocycles. The lowest BCUT2D eigenvalue weighted by Gasteiger charge is -2.11. The van der Waals surface area contributed by atoms with Gasteiger partial charge in [0.25, 0.3) is 0 Å². The molecular formula is C9H18O4. The van der Waals surface area contributed by atoms with Crippen LogP contribution in [0.1, 0.15) is 20.3 Å². The zero-order chi connectivity index (χ0) is 10.1. The summed E-state index contributed by atoms with van der Waals surface area (Å²) < 4.78 is 14.9. The maximum absolute atomic E-state index is 10.7. The molecule has 0 bridgehead atoms. The summed E-state index contributed by atoms with van der Waals surface area (Å²) in [6.45, 7) is 5.48. The van der Waals surface area contributed by atoms with Gasteiger partial charge in [0.1, 0.15) is 0 Å². The van der Waals surface area contributed by atoms with E-state index in [-0.39, 0.29) is 12.1 Å². The van der Waals surface area contributed by atoms with Gasteiger partial charge in [0.15, 0.2) is 0 Å². The molecule has 0 aliphatic rings. The Morgan fingerprint density at radius 2 is 2.15 bits per heavy atom. The molecule has 1 unspecified atom stereocenters. The average molecular weight is 190 g/mol. The van der Waals surface area contributed by atoms with Gasteiger partial charge in [-0.2, -0.15) is 0 Å². The van der Waals surface area contributed by atoms with Crippen LogP contribution < -0.4 is 0 Å². The highest BCUT2D eigenvalue weighted by atomic mass is 16.5. The predicted molar refractivity (Wildman–Crippen MR) is 48.5 cm³/mol. The molecule has 0 rings (SSSR count). The van der Waals surface area contributed by atoms with Crippen molar-refractivity contribution in [1.82, 2.24) is 0 Å². The fraction of sp³-hybridized carbons (Fsp3) is 0.889. The topological polar surface area (TPSA) is 44.8 Å². The van der Waals surface area contributed by atoms with Crippen molar-refractivity contribution < 1.29 is 19.0 Å². The van der Waals surface area contributed by atoms with Crippen molar-refractivity contribution in [1.29, 1.82) is 0 Å². The average Bonchev–Trinajstić information content (AvgIpc) is 2.14. The van der Waals surface area contributed by atoms with E-state index in [0.717, 1.165) is 0 Å². The number of carbonyl (C=O) groups is 1. The molecular weight excluding hydrogens is 172 g/mol. The van der Waals surface area contributed by atoms with Crippen LogP contribution in [0.15, 0.2) is 0 Å². The lowest BCUT2D eigenvalue weighted by Crippen LogP contribution is -2.18. The molecule has 4 nitrogen and oxygen atoms in total. The minimum absolute atomic E-state index is 0.0320. The van der Waals surface area contributed by atoms with Gasteiger partial charge in [0, 0.05) is 6.61 Å². The highest BCUT2D eigenvalue weighted by Crippen LogP contribution is 1.94. The van der Waals surface area contributed by atoms with E-state index < -0.39 is 0 Å². The van der Waals surface area contributed by atoms with E-state index in [1.54, 1.807) is 0 Å². The maximum Gasteiger partial charge on any atom is 0.307 e. The number of esters is 1. The fourth-order valence-corrected chi connectivity index (χ4v) is 0.777. The third kappa shape index (κ3) is 7.74. The molecule has 0 aliphatic carbocycles. The van der Waals surface area contributed by atoms with Crippen molar-refractivity contribution in [2.45, 2.75) is 26.4 Å². The summed E-state index contributed by atoms with van der Waals surface area (Å²) in [5.41, 5.74) is 0. The lowest BCUT2D eigenvalue weighted by molar-refractivity contribution is -0.142. The van der Waals surface area contributed by atoms with Crippen LogP contribution in [0.3, 0.4) is 0 Å². The van der Waals surface area contributed by atoms with E-state index >= 15 is 0 Å². The lowest BCUT2D eigenvalue weighted by atomic mass is 10.4. The number of hydrogen-bond donors (Lipinski definition) is 0. The largest absolute Gasteiger partial charge is 0.469 e. The predicted octanol–water partition coefficient (Wildman–Crippen LogP) is 0.991. The second-order valence-electron chi connectivity index (χ2n) is 2.67. The van der Waals surface area contributed by atoms with E-state index in [1.165, 1.54) is 7.11 Å². The second kappa shape index (κ2) is 8.01. The second-order valence-corrected chi connectivity index (χ2v) is 2.67.